The number of hydrogen-bond acceptors (Lipinski definition) is 4. The molecule has 0 aromatic heterocycles. The van der Waals surface area contributed by atoms with Gasteiger partial charge in [-0.2, -0.15) is 0 Å². The number of carbonyl (C=O) groups is 3. The van der Waals surface area contributed by atoms with Gasteiger partial charge in [0.05, 0.1) is 5.57 Å². The van der Waals surface area contributed by atoms with Crippen LogP contribution in [0.1, 0.15) is 26.3 Å². The van der Waals surface area contributed by atoms with Crippen LogP contribution in [0.15, 0.2) is 54.2 Å². The summed E-state index contributed by atoms with van der Waals surface area (Å²) < 4.78 is 0. The predicted octanol–water partition coefficient (Wildman–Crippen LogP) is 3.90. The van der Waals surface area contributed by atoms with E-state index in [0.29, 0.717) is 27.5 Å². The highest BCUT2D eigenvalue weighted by Crippen LogP contribution is 2.32. The third kappa shape index (κ3) is 3.92. The van der Waals surface area contributed by atoms with E-state index in [1.54, 1.807) is 62.4 Å². The molecule has 28 heavy (non-hydrogen) atoms. The third-order valence-electron chi connectivity index (χ3n) is 4.24. The van der Waals surface area contributed by atoms with Gasteiger partial charge in [-0.15, -0.1) is 0 Å². The Kier molecular flexibility index (Phi) is 5.51. The Morgan fingerprint density at radius 3 is 2.04 bits per heavy atom. The molecule has 0 unspecified atom stereocenters. The van der Waals surface area contributed by atoms with Crippen molar-refractivity contribution in [2.75, 3.05) is 10.6 Å². The van der Waals surface area contributed by atoms with Crippen molar-refractivity contribution in [2.24, 2.45) is 0 Å². The van der Waals surface area contributed by atoms with Crippen molar-refractivity contribution in [3.8, 4) is 0 Å². The van der Waals surface area contributed by atoms with Crippen LogP contribution >= 0.6 is 11.6 Å². The van der Waals surface area contributed by atoms with E-state index in [2.05, 4.69) is 10.6 Å². The number of nitrogens with zero attached hydrogens (tertiary/aromatic N) is 1. The summed E-state index contributed by atoms with van der Waals surface area (Å²) in [6.45, 7) is 5.01. The van der Waals surface area contributed by atoms with Crippen LogP contribution in [0.5, 0.6) is 0 Å². The fourth-order valence-electron chi connectivity index (χ4n) is 3.00. The zero-order chi connectivity index (χ0) is 20.4. The number of nitrogens with one attached hydrogen (secondary N) is 2. The van der Waals surface area contributed by atoms with Crippen LogP contribution in [-0.4, -0.2) is 28.7 Å². The quantitative estimate of drug-likeness (QED) is 0.750. The van der Waals surface area contributed by atoms with Crippen molar-refractivity contribution in [2.45, 2.75) is 26.8 Å². The van der Waals surface area contributed by atoms with Gasteiger partial charge in [-0.1, -0.05) is 23.7 Å². The maximum Gasteiger partial charge on any atom is 0.278 e. The summed E-state index contributed by atoms with van der Waals surface area (Å²) in [5.74, 6) is -0.895. The molecule has 2 N–H and O–H groups in total. The van der Waals surface area contributed by atoms with Gasteiger partial charge < -0.3 is 10.6 Å². The molecular formula is C21H20ClN3O3. The Morgan fingerprint density at radius 1 is 0.929 bits per heavy atom. The van der Waals surface area contributed by atoms with Gasteiger partial charge in [0.25, 0.3) is 11.8 Å². The van der Waals surface area contributed by atoms with Crippen molar-refractivity contribution in [1.29, 1.82) is 0 Å². The van der Waals surface area contributed by atoms with Crippen LogP contribution in [-0.2, 0) is 14.4 Å². The lowest BCUT2D eigenvalue weighted by molar-refractivity contribution is -0.138. The van der Waals surface area contributed by atoms with Gasteiger partial charge in [0.15, 0.2) is 0 Å². The Hall–Kier alpha value is -3.12. The van der Waals surface area contributed by atoms with Gasteiger partial charge in [-0.25, -0.2) is 0 Å². The van der Waals surface area contributed by atoms with E-state index in [1.807, 2.05) is 0 Å². The Labute approximate surface area is 168 Å². The van der Waals surface area contributed by atoms with Crippen LogP contribution < -0.4 is 10.6 Å². The molecule has 0 bridgehead atoms. The highest BCUT2D eigenvalue weighted by molar-refractivity contribution is 6.37. The maximum atomic E-state index is 12.9. The predicted molar refractivity (Wildman–Crippen MR) is 110 cm³/mol. The molecule has 6 nitrogen and oxygen atoms in total. The first-order chi connectivity index (χ1) is 13.3. The largest absolute Gasteiger partial charge is 0.350 e. The van der Waals surface area contributed by atoms with E-state index in [1.165, 1.54) is 11.8 Å². The minimum atomic E-state index is -0.379. The molecule has 0 saturated carbocycles. The number of imide groups is 1. The molecule has 3 amide bonds. The zero-order valence-electron chi connectivity index (χ0n) is 15.7. The van der Waals surface area contributed by atoms with Gasteiger partial charge in [-0.05, 0) is 55.8 Å². The topological polar surface area (TPSA) is 78.5 Å². The SMILES string of the molecule is CC(=O)Nc1ccc(NC2=C(c3ccc(Cl)cc3)C(=O)N(C(C)C)C2=O)cc1. The first-order valence-corrected chi connectivity index (χ1v) is 9.18. The minimum Gasteiger partial charge on any atom is -0.350 e. The molecule has 0 atom stereocenters. The van der Waals surface area contributed by atoms with Gasteiger partial charge >= 0.3 is 0 Å². The molecule has 2 aromatic rings. The van der Waals surface area contributed by atoms with Crippen LogP contribution in [0.25, 0.3) is 5.57 Å². The van der Waals surface area contributed by atoms with Crippen molar-refractivity contribution in [1.82, 2.24) is 4.90 Å². The number of amides is 3. The summed E-state index contributed by atoms with van der Waals surface area (Å²) in [5, 5.41) is 6.30. The second-order valence-electron chi connectivity index (χ2n) is 6.71. The number of hydrogen-bond donors (Lipinski definition) is 2. The number of carbonyl (C=O) groups excluding carboxylic acids is 3. The summed E-state index contributed by atoms with van der Waals surface area (Å²) in [7, 11) is 0. The molecule has 1 aliphatic rings. The summed E-state index contributed by atoms with van der Waals surface area (Å²) in [5.41, 5.74) is 2.41. The van der Waals surface area contributed by atoms with Gasteiger partial charge in [-0.3, -0.25) is 19.3 Å². The summed E-state index contributed by atoms with van der Waals surface area (Å²) in [4.78, 5) is 38.3. The van der Waals surface area contributed by atoms with E-state index >= 15 is 0 Å². The molecule has 3 rings (SSSR count). The molecule has 0 fully saturated rings. The summed E-state index contributed by atoms with van der Waals surface area (Å²) >= 11 is 5.96. The van der Waals surface area contributed by atoms with Crippen LogP contribution in [0.3, 0.4) is 0 Å². The summed E-state index contributed by atoms with van der Waals surface area (Å²) in [6, 6.07) is 13.4. The summed E-state index contributed by atoms with van der Waals surface area (Å²) in [6.07, 6.45) is 0. The minimum absolute atomic E-state index is 0.169. The molecular weight excluding hydrogens is 378 g/mol. The highest BCUT2D eigenvalue weighted by Gasteiger charge is 2.40. The van der Waals surface area contributed by atoms with E-state index in [9.17, 15) is 14.4 Å². The second kappa shape index (κ2) is 7.86. The Bertz CT molecular complexity index is 963. The van der Waals surface area contributed by atoms with Crippen molar-refractivity contribution < 1.29 is 14.4 Å². The van der Waals surface area contributed by atoms with E-state index in [-0.39, 0.29) is 29.5 Å². The molecule has 0 saturated heterocycles. The Balaban J connectivity index is 1.99. The van der Waals surface area contributed by atoms with E-state index in [0.717, 1.165) is 0 Å². The third-order valence-corrected chi connectivity index (χ3v) is 4.49. The first kappa shape index (κ1) is 19.6. The number of anilines is 2. The van der Waals surface area contributed by atoms with Gasteiger partial charge in [0.1, 0.15) is 5.70 Å². The van der Waals surface area contributed by atoms with Gasteiger partial charge in [0, 0.05) is 29.4 Å². The molecule has 2 aromatic carbocycles. The molecule has 144 valence electrons. The standard InChI is InChI=1S/C21H20ClN3O3/c1-12(2)25-20(27)18(14-4-6-15(22)7-5-14)19(21(25)28)24-17-10-8-16(9-11-17)23-13(3)26/h4-12,24H,1-3H3,(H,23,26). The van der Waals surface area contributed by atoms with E-state index < -0.39 is 0 Å². The maximum absolute atomic E-state index is 12.9. The Morgan fingerprint density at radius 2 is 1.50 bits per heavy atom. The monoisotopic (exact) mass is 397 g/mol. The number of halogens is 1. The average molecular weight is 398 g/mol. The number of benzene rings is 2. The fraction of sp³-hybridized carbons (Fsp3) is 0.190. The second-order valence-corrected chi connectivity index (χ2v) is 7.15. The molecule has 1 aliphatic heterocycles. The molecule has 1 heterocycles. The van der Waals surface area contributed by atoms with Crippen LogP contribution in [0.2, 0.25) is 5.02 Å². The lowest BCUT2D eigenvalue weighted by Gasteiger charge is -2.19. The molecule has 0 spiro atoms. The molecule has 7 heteroatoms. The smallest absolute Gasteiger partial charge is 0.278 e. The number of rotatable bonds is 5. The lowest BCUT2D eigenvalue weighted by atomic mass is 10.0. The van der Waals surface area contributed by atoms with Crippen LogP contribution in [0.4, 0.5) is 11.4 Å². The van der Waals surface area contributed by atoms with Crippen molar-refractivity contribution in [3.63, 3.8) is 0 Å². The lowest BCUT2D eigenvalue weighted by Crippen LogP contribution is -2.38. The van der Waals surface area contributed by atoms with Crippen molar-refractivity contribution >= 4 is 46.3 Å². The van der Waals surface area contributed by atoms with Crippen molar-refractivity contribution in [3.05, 3.63) is 64.8 Å². The molecule has 0 aliphatic carbocycles. The fourth-order valence-corrected chi connectivity index (χ4v) is 3.13. The average Bonchev–Trinajstić information content (AvgIpc) is 2.87. The first-order valence-electron chi connectivity index (χ1n) is 8.80. The highest BCUT2D eigenvalue weighted by atomic mass is 35.5. The van der Waals surface area contributed by atoms with E-state index in [4.69, 9.17) is 11.6 Å². The normalized spacial score (nSPS) is 14.1. The zero-order valence-corrected chi connectivity index (χ0v) is 16.5. The van der Waals surface area contributed by atoms with Crippen LogP contribution in [0, 0.1) is 0 Å². The van der Waals surface area contributed by atoms with Gasteiger partial charge in [0.2, 0.25) is 5.91 Å². The molecule has 0 radical (unpaired) electrons.